The lowest BCUT2D eigenvalue weighted by atomic mass is 10.1. The van der Waals surface area contributed by atoms with E-state index in [0.717, 1.165) is 29.8 Å². The van der Waals surface area contributed by atoms with Gasteiger partial charge in [0.1, 0.15) is 5.82 Å². The SMILES string of the molecule is Cc1cccc(NC(=O)N2CCN(c3ccc(NC(=O)c4cccc(F)c4)cc3C(=O)N3CCCC3)CC2)c1. The zero-order valence-corrected chi connectivity index (χ0v) is 22.0. The average molecular weight is 530 g/mol. The van der Waals surface area contributed by atoms with Crippen LogP contribution in [0.1, 0.15) is 39.1 Å². The fraction of sp³-hybridized carbons (Fsp3) is 0.300. The van der Waals surface area contributed by atoms with E-state index in [1.54, 1.807) is 17.0 Å². The summed E-state index contributed by atoms with van der Waals surface area (Å²) in [6, 6.07) is 18.3. The standard InChI is InChI=1S/C30H32FN5O3/c1-21-6-4-9-24(18-21)33-30(39)36-16-14-34(15-17-36)27-11-10-25(20-26(27)29(38)35-12-2-3-13-35)32-28(37)22-7-5-8-23(31)19-22/h4-11,18-20H,2-3,12-17H2,1H3,(H,32,37)(H,33,39). The van der Waals surface area contributed by atoms with Gasteiger partial charge in [-0.2, -0.15) is 0 Å². The van der Waals surface area contributed by atoms with Crippen molar-refractivity contribution >= 4 is 34.9 Å². The van der Waals surface area contributed by atoms with Gasteiger partial charge in [0.15, 0.2) is 0 Å². The molecule has 2 aliphatic rings. The highest BCUT2D eigenvalue weighted by atomic mass is 19.1. The second-order valence-electron chi connectivity index (χ2n) is 9.97. The van der Waals surface area contributed by atoms with Crippen LogP contribution in [0.25, 0.3) is 0 Å². The highest BCUT2D eigenvalue weighted by molar-refractivity contribution is 6.06. The molecule has 0 saturated carbocycles. The van der Waals surface area contributed by atoms with Crippen LogP contribution in [0.3, 0.4) is 0 Å². The summed E-state index contributed by atoms with van der Waals surface area (Å²) in [5.74, 6) is -1.02. The number of carbonyl (C=O) groups is 3. The van der Waals surface area contributed by atoms with Crippen LogP contribution in [0.2, 0.25) is 0 Å². The van der Waals surface area contributed by atoms with E-state index in [-0.39, 0.29) is 17.5 Å². The van der Waals surface area contributed by atoms with Crippen molar-refractivity contribution in [3.05, 3.63) is 89.2 Å². The Hall–Kier alpha value is -4.40. The molecule has 0 aliphatic carbocycles. The van der Waals surface area contributed by atoms with E-state index in [0.29, 0.717) is 50.5 Å². The van der Waals surface area contributed by atoms with Gasteiger partial charge in [-0.1, -0.05) is 18.2 Å². The molecule has 0 atom stereocenters. The number of urea groups is 1. The monoisotopic (exact) mass is 529 g/mol. The number of likely N-dealkylation sites (tertiary alicyclic amines) is 1. The molecule has 0 radical (unpaired) electrons. The van der Waals surface area contributed by atoms with Crippen molar-refractivity contribution < 1.29 is 18.8 Å². The summed E-state index contributed by atoms with van der Waals surface area (Å²) in [6.45, 7) is 5.52. The predicted octanol–water partition coefficient (Wildman–Crippen LogP) is 4.98. The molecule has 2 aliphatic heterocycles. The van der Waals surface area contributed by atoms with E-state index in [1.165, 1.54) is 24.3 Å². The smallest absolute Gasteiger partial charge is 0.321 e. The zero-order chi connectivity index (χ0) is 27.4. The first-order valence-corrected chi connectivity index (χ1v) is 13.3. The first-order chi connectivity index (χ1) is 18.9. The molecule has 0 spiro atoms. The van der Waals surface area contributed by atoms with Gasteiger partial charge in [-0.3, -0.25) is 9.59 Å². The Morgan fingerprint density at radius 2 is 1.46 bits per heavy atom. The molecule has 202 valence electrons. The Bertz CT molecular complexity index is 1380. The summed E-state index contributed by atoms with van der Waals surface area (Å²) < 4.78 is 13.6. The Morgan fingerprint density at radius 1 is 0.744 bits per heavy atom. The molecule has 5 rings (SSSR count). The van der Waals surface area contributed by atoms with Crippen LogP contribution in [-0.4, -0.2) is 66.9 Å². The van der Waals surface area contributed by atoms with Crippen LogP contribution in [0.5, 0.6) is 0 Å². The fourth-order valence-corrected chi connectivity index (χ4v) is 5.06. The van der Waals surface area contributed by atoms with E-state index in [9.17, 15) is 18.8 Å². The topological polar surface area (TPSA) is 85.0 Å². The van der Waals surface area contributed by atoms with Crippen molar-refractivity contribution in [3.8, 4) is 0 Å². The maximum Gasteiger partial charge on any atom is 0.321 e. The van der Waals surface area contributed by atoms with Crippen LogP contribution in [0, 0.1) is 12.7 Å². The molecule has 2 fully saturated rings. The summed E-state index contributed by atoms with van der Waals surface area (Å²) >= 11 is 0. The highest BCUT2D eigenvalue weighted by Gasteiger charge is 2.28. The molecular formula is C30H32FN5O3. The molecule has 0 bridgehead atoms. The minimum atomic E-state index is -0.491. The number of nitrogens with zero attached hydrogens (tertiary/aromatic N) is 3. The number of rotatable bonds is 5. The molecule has 39 heavy (non-hydrogen) atoms. The number of piperazine rings is 1. The van der Waals surface area contributed by atoms with Crippen LogP contribution < -0.4 is 15.5 Å². The van der Waals surface area contributed by atoms with E-state index in [2.05, 4.69) is 15.5 Å². The first-order valence-electron chi connectivity index (χ1n) is 13.3. The molecule has 4 amide bonds. The molecule has 2 saturated heterocycles. The van der Waals surface area contributed by atoms with Gasteiger partial charge in [0.05, 0.1) is 5.56 Å². The summed E-state index contributed by atoms with van der Waals surface area (Å²) in [7, 11) is 0. The molecule has 8 nitrogen and oxygen atoms in total. The summed E-state index contributed by atoms with van der Waals surface area (Å²) in [5.41, 5.74) is 3.78. The predicted molar refractivity (Wildman–Crippen MR) is 150 cm³/mol. The largest absolute Gasteiger partial charge is 0.367 e. The molecular weight excluding hydrogens is 497 g/mol. The lowest BCUT2D eigenvalue weighted by Gasteiger charge is -2.37. The van der Waals surface area contributed by atoms with Crippen LogP contribution in [-0.2, 0) is 0 Å². The zero-order valence-electron chi connectivity index (χ0n) is 22.0. The lowest BCUT2D eigenvalue weighted by Crippen LogP contribution is -2.50. The minimum Gasteiger partial charge on any atom is -0.367 e. The number of hydrogen-bond donors (Lipinski definition) is 2. The van der Waals surface area contributed by atoms with Crippen molar-refractivity contribution in [1.29, 1.82) is 0 Å². The van der Waals surface area contributed by atoms with E-state index in [4.69, 9.17) is 0 Å². The van der Waals surface area contributed by atoms with Gasteiger partial charge in [-0.15, -0.1) is 0 Å². The number of anilines is 3. The van der Waals surface area contributed by atoms with E-state index in [1.807, 2.05) is 42.2 Å². The third kappa shape index (κ3) is 6.19. The number of benzene rings is 3. The number of halogens is 1. The number of amides is 4. The fourth-order valence-electron chi connectivity index (χ4n) is 5.06. The first kappa shape index (κ1) is 26.2. The molecule has 3 aromatic rings. The molecule has 9 heteroatoms. The van der Waals surface area contributed by atoms with Crippen LogP contribution in [0.4, 0.5) is 26.2 Å². The van der Waals surface area contributed by atoms with Crippen molar-refractivity contribution in [1.82, 2.24) is 9.80 Å². The number of aryl methyl sites for hydroxylation is 1. The van der Waals surface area contributed by atoms with Crippen molar-refractivity contribution in [3.63, 3.8) is 0 Å². The van der Waals surface area contributed by atoms with Gasteiger partial charge >= 0.3 is 6.03 Å². The van der Waals surface area contributed by atoms with Gasteiger partial charge < -0.3 is 25.3 Å². The number of nitrogens with one attached hydrogen (secondary N) is 2. The maximum atomic E-state index is 13.6. The van der Waals surface area contributed by atoms with E-state index < -0.39 is 11.7 Å². The van der Waals surface area contributed by atoms with Crippen LogP contribution in [0.15, 0.2) is 66.7 Å². The Balaban J connectivity index is 1.31. The minimum absolute atomic E-state index is 0.0797. The average Bonchev–Trinajstić information content (AvgIpc) is 3.48. The molecule has 3 aromatic carbocycles. The van der Waals surface area contributed by atoms with Crippen molar-refractivity contribution in [2.75, 3.05) is 54.8 Å². The Morgan fingerprint density at radius 3 is 2.18 bits per heavy atom. The second-order valence-corrected chi connectivity index (χ2v) is 9.97. The molecule has 2 heterocycles. The summed E-state index contributed by atoms with van der Waals surface area (Å²) in [4.78, 5) is 44.8. The van der Waals surface area contributed by atoms with Gasteiger partial charge in [-0.05, 0) is 73.9 Å². The summed E-state index contributed by atoms with van der Waals surface area (Å²) in [5, 5.41) is 5.75. The second kappa shape index (κ2) is 11.6. The molecule has 0 aromatic heterocycles. The quantitative estimate of drug-likeness (QED) is 0.489. The Labute approximate surface area is 227 Å². The third-order valence-electron chi connectivity index (χ3n) is 7.14. The highest BCUT2D eigenvalue weighted by Crippen LogP contribution is 2.28. The van der Waals surface area contributed by atoms with Crippen molar-refractivity contribution in [2.24, 2.45) is 0 Å². The van der Waals surface area contributed by atoms with Gasteiger partial charge in [0.25, 0.3) is 11.8 Å². The van der Waals surface area contributed by atoms with Gasteiger partial charge in [0.2, 0.25) is 0 Å². The van der Waals surface area contributed by atoms with E-state index >= 15 is 0 Å². The molecule has 2 N–H and O–H groups in total. The Kier molecular flexibility index (Phi) is 7.76. The van der Waals surface area contributed by atoms with Gasteiger partial charge in [0, 0.05) is 61.9 Å². The van der Waals surface area contributed by atoms with Crippen LogP contribution >= 0.6 is 0 Å². The van der Waals surface area contributed by atoms with Crippen molar-refractivity contribution in [2.45, 2.75) is 19.8 Å². The number of hydrogen-bond acceptors (Lipinski definition) is 4. The van der Waals surface area contributed by atoms with Gasteiger partial charge in [-0.25, -0.2) is 9.18 Å². The third-order valence-corrected chi connectivity index (χ3v) is 7.14. The lowest BCUT2D eigenvalue weighted by molar-refractivity contribution is 0.0792. The normalized spacial score (nSPS) is 15.3. The molecule has 0 unspecified atom stereocenters. The summed E-state index contributed by atoms with van der Waals surface area (Å²) in [6.07, 6.45) is 1.93. The number of carbonyl (C=O) groups excluding carboxylic acids is 3. The maximum absolute atomic E-state index is 13.6.